The number of hydrogen-bond acceptors (Lipinski definition) is 4. The lowest BCUT2D eigenvalue weighted by atomic mass is 9.77. The molecule has 5 rings (SSSR count). The zero-order valence-corrected chi connectivity index (χ0v) is 17.1. The Morgan fingerprint density at radius 2 is 2.03 bits per heavy atom. The second-order valence-corrected chi connectivity index (χ2v) is 8.45. The summed E-state index contributed by atoms with van der Waals surface area (Å²) in [6.07, 6.45) is 7.56. The van der Waals surface area contributed by atoms with E-state index in [0.717, 1.165) is 49.3 Å². The van der Waals surface area contributed by atoms with Crippen molar-refractivity contribution in [2.75, 3.05) is 13.1 Å². The Hall–Kier alpha value is -2.73. The Balaban J connectivity index is 1.48. The van der Waals surface area contributed by atoms with Crippen molar-refractivity contribution in [3.63, 3.8) is 0 Å². The topological polar surface area (TPSA) is 63.9 Å². The van der Waals surface area contributed by atoms with E-state index in [-0.39, 0.29) is 11.3 Å². The van der Waals surface area contributed by atoms with Gasteiger partial charge in [0.15, 0.2) is 11.5 Å². The van der Waals surface area contributed by atoms with Gasteiger partial charge in [-0.2, -0.15) is 5.10 Å². The van der Waals surface area contributed by atoms with Crippen LogP contribution in [-0.4, -0.2) is 43.6 Å². The molecule has 3 aromatic rings. The number of aryl methyl sites for hydroxylation is 2. The Labute approximate surface area is 174 Å². The van der Waals surface area contributed by atoms with E-state index in [2.05, 4.69) is 10.1 Å². The summed E-state index contributed by atoms with van der Waals surface area (Å²) in [7, 11) is 1.77. The first kappa shape index (κ1) is 18.3. The monoisotopic (exact) mass is 407 g/mol. The quantitative estimate of drug-likeness (QED) is 0.650. The van der Waals surface area contributed by atoms with Gasteiger partial charge in [0.2, 0.25) is 0 Å². The van der Waals surface area contributed by atoms with Gasteiger partial charge in [0, 0.05) is 43.5 Å². The van der Waals surface area contributed by atoms with Gasteiger partial charge in [-0.1, -0.05) is 41.9 Å². The van der Waals surface area contributed by atoms with Gasteiger partial charge in [-0.25, -0.2) is 9.97 Å². The molecule has 2 aliphatic rings. The minimum Gasteiger partial charge on any atom is -0.336 e. The Kier molecular flexibility index (Phi) is 4.39. The molecule has 6 nitrogen and oxygen atoms in total. The summed E-state index contributed by atoms with van der Waals surface area (Å²) in [5.74, 6) is 0.655. The molecule has 1 saturated heterocycles. The summed E-state index contributed by atoms with van der Waals surface area (Å²) in [5.41, 5.74) is 3.54. The molecule has 1 aromatic carbocycles. The molecule has 1 spiro atoms. The molecule has 29 heavy (non-hydrogen) atoms. The first-order valence-electron chi connectivity index (χ1n) is 9.96. The molecule has 0 bridgehead atoms. The third kappa shape index (κ3) is 3.12. The van der Waals surface area contributed by atoms with Crippen LogP contribution in [0.3, 0.4) is 0 Å². The van der Waals surface area contributed by atoms with Crippen molar-refractivity contribution in [3.05, 3.63) is 64.7 Å². The maximum Gasteiger partial charge on any atom is 0.275 e. The van der Waals surface area contributed by atoms with Crippen LogP contribution in [0.1, 0.15) is 41.0 Å². The highest BCUT2D eigenvalue weighted by Crippen LogP contribution is 2.44. The summed E-state index contributed by atoms with van der Waals surface area (Å²) < 4.78 is 1.58. The van der Waals surface area contributed by atoms with Crippen molar-refractivity contribution in [2.24, 2.45) is 7.05 Å². The number of amides is 1. The molecule has 0 radical (unpaired) electrons. The maximum absolute atomic E-state index is 13.1. The normalized spacial score (nSPS) is 20.8. The number of piperidine rings is 1. The number of carbonyl (C=O) groups excluding carboxylic acids is 1. The molecule has 7 heteroatoms. The van der Waals surface area contributed by atoms with Crippen molar-refractivity contribution >= 4 is 17.5 Å². The summed E-state index contributed by atoms with van der Waals surface area (Å²) in [5, 5.41) is 4.67. The number of likely N-dealkylation sites (tertiary alicyclic amines) is 1. The van der Waals surface area contributed by atoms with E-state index in [0.29, 0.717) is 17.3 Å². The third-order valence-electron chi connectivity index (χ3n) is 6.12. The van der Waals surface area contributed by atoms with Crippen LogP contribution in [0.4, 0.5) is 0 Å². The Morgan fingerprint density at radius 3 is 2.79 bits per heavy atom. The maximum atomic E-state index is 13.1. The molecule has 3 heterocycles. The van der Waals surface area contributed by atoms with Crippen LogP contribution >= 0.6 is 11.6 Å². The van der Waals surface area contributed by atoms with Gasteiger partial charge in [0.05, 0.1) is 10.7 Å². The lowest BCUT2D eigenvalue weighted by Gasteiger charge is -2.40. The summed E-state index contributed by atoms with van der Waals surface area (Å²) in [6.45, 7) is 1.37. The van der Waals surface area contributed by atoms with Gasteiger partial charge in [0.25, 0.3) is 5.91 Å². The van der Waals surface area contributed by atoms with Gasteiger partial charge in [-0.3, -0.25) is 9.48 Å². The predicted molar refractivity (Wildman–Crippen MR) is 111 cm³/mol. The van der Waals surface area contributed by atoms with E-state index >= 15 is 0 Å². The van der Waals surface area contributed by atoms with Crippen molar-refractivity contribution < 1.29 is 4.79 Å². The van der Waals surface area contributed by atoms with Gasteiger partial charge in [0.1, 0.15) is 0 Å². The smallest absolute Gasteiger partial charge is 0.275 e. The number of benzene rings is 1. The van der Waals surface area contributed by atoms with Crippen LogP contribution in [0.2, 0.25) is 5.02 Å². The third-order valence-corrected chi connectivity index (χ3v) is 6.40. The van der Waals surface area contributed by atoms with Crippen LogP contribution in [-0.2, 0) is 18.9 Å². The number of carbonyl (C=O) groups is 1. The van der Waals surface area contributed by atoms with Crippen LogP contribution in [0.15, 0.2) is 42.7 Å². The average Bonchev–Trinajstić information content (AvgIpc) is 3.27. The fourth-order valence-corrected chi connectivity index (χ4v) is 4.98. The van der Waals surface area contributed by atoms with Crippen molar-refractivity contribution in [1.29, 1.82) is 0 Å². The molecular weight excluding hydrogens is 386 g/mol. The molecule has 0 saturated carbocycles. The first-order chi connectivity index (χ1) is 14.1. The van der Waals surface area contributed by atoms with Crippen LogP contribution < -0.4 is 0 Å². The molecule has 1 amide bonds. The molecule has 148 valence electrons. The second kappa shape index (κ2) is 6.95. The molecule has 1 aliphatic heterocycles. The Morgan fingerprint density at radius 1 is 1.21 bits per heavy atom. The average molecular weight is 408 g/mol. The van der Waals surface area contributed by atoms with Gasteiger partial charge in [-0.15, -0.1) is 0 Å². The van der Waals surface area contributed by atoms with E-state index in [9.17, 15) is 4.79 Å². The molecule has 1 unspecified atom stereocenters. The number of aromatic nitrogens is 4. The molecule has 0 N–H and O–H groups in total. The van der Waals surface area contributed by atoms with Crippen molar-refractivity contribution in [3.8, 4) is 11.4 Å². The van der Waals surface area contributed by atoms with Crippen LogP contribution in [0, 0.1) is 0 Å². The number of rotatable bonds is 2. The minimum atomic E-state index is -0.114. The van der Waals surface area contributed by atoms with E-state index in [1.54, 1.807) is 17.9 Å². The van der Waals surface area contributed by atoms with Crippen LogP contribution in [0.25, 0.3) is 11.4 Å². The lowest BCUT2D eigenvalue weighted by molar-refractivity contribution is 0.0627. The van der Waals surface area contributed by atoms with E-state index in [4.69, 9.17) is 16.6 Å². The number of halogens is 1. The van der Waals surface area contributed by atoms with Gasteiger partial charge < -0.3 is 4.90 Å². The standard InChI is InChI=1S/C22H22ClN5O/c1-27-13-17(23)18(26-27)21(29)28-11-5-9-22(14-28)10-8-16-12-24-20(25-19(16)22)15-6-3-2-4-7-15/h2-4,6-7,12-13H,5,8-11,14H2,1H3. The molecule has 2 aromatic heterocycles. The lowest BCUT2D eigenvalue weighted by Crippen LogP contribution is -2.48. The highest BCUT2D eigenvalue weighted by molar-refractivity contribution is 6.33. The largest absolute Gasteiger partial charge is 0.336 e. The number of nitrogens with zero attached hydrogens (tertiary/aromatic N) is 5. The molecule has 1 aliphatic carbocycles. The fourth-order valence-electron chi connectivity index (χ4n) is 4.72. The zero-order chi connectivity index (χ0) is 20.0. The van der Waals surface area contributed by atoms with E-state index in [1.165, 1.54) is 5.56 Å². The summed E-state index contributed by atoms with van der Waals surface area (Å²) >= 11 is 6.23. The van der Waals surface area contributed by atoms with Crippen LogP contribution in [0.5, 0.6) is 0 Å². The molecule has 1 fully saturated rings. The van der Waals surface area contributed by atoms with E-state index < -0.39 is 0 Å². The van der Waals surface area contributed by atoms with Gasteiger partial charge >= 0.3 is 0 Å². The Bertz CT molecular complexity index is 1080. The second-order valence-electron chi connectivity index (χ2n) is 8.04. The number of hydrogen-bond donors (Lipinski definition) is 0. The van der Waals surface area contributed by atoms with Crippen molar-refractivity contribution in [2.45, 2.75) is 31.1 Å². The summed E-state index contributed by atoms with van der Waals surface area (Å²) in [4.78, 5) is 24.6. The fraction of sp³-hybridized carbons (Fsp3) is 0.364. The highest BCUT2D eigenvalue weighted by atomic mass is 35.5. The number of fused-ring (bicyclic) bond motifs is 2. The van der Waals surface area contributed by atoms with Gasteiger partial charge in [-0.05, 0) is 31.2 Å². The first-order valence-corrected chi connectivity index (χ1v) is 10.3. The minimum absolute atomic E-state index is 0.0968. The zero-order valence-electron chi connectivity index (χ0n) is 16.3. The molecule has 1 atom stereocenters. The van der Waals surface area contributed by atoms with E-state index in [1.807, 2.05) is 41.4 Å². The SMILES string of the molecule is Cn1cc(Cl)c(C(=O)N2CCCC3(CCc4cnc(-c5ccccc5)nc43)C2)n1. The highest BCUT2D eigenvalue weighted by Gasteiger charge is 2.45. The predicted octanol–water partition coefficient (Wildman–Crippen LogP) is 3.65. The summed E-state index contributed by atoms with van der Waals surface area (Å²) in [6, 6.07) is 10.1. The van der Waals surface area contributed by atoms with Crippen molar-refractivity contribution in [1.82, 2.24) is 24.6 Å². The molecular formula is C22H22ClN5O.